The molecule has 3 atom stereocenters. The average Bonchev–Trinajstić information content (AvgIpc) is 2.00. The van der Waals surface area contributed by atoms with E-state index in [0.717, 1.165) is 0 Å². The number of nitrogens with two attached hydrogens (primary N) is 1. The molecule has 0 bridgehead atoms. The van der Waals surface area contributed by atoms with Crippen LogP contribution in [0.2, 0.25) is 0 Å². The zero-order valence-corrected chi connectivity index (χ0v) is 7.07. The van der Waals surface area contributed by atoms with Gasteiger partial charge >= 0.3 is 5.97 Å². The van der Waals surface area contributed by atoms with Crippen LogP contribution in [-0.2, 0) is 9.53 Å². The summed E-state index contributed by atoms with van der Waals surface area (Å²) in [6.45, 7) is 3.23. The van der Waals surface area contributed by atoms with Crippen molar-refractivity contribution in [3.63, 3.8) is 0 Å². The van der Waals surface area contributed by atoms with Crippen LogP contribution in [0.1, 0.15) is 13.8 Å². The standard InChI is InChI=1S/C7H15NO3/c1-4(7(10)11-3)6(9)5(2)8/h4-6,9H,8H2,1-3H3/t4-,5-,6+/m1/s1. The van der Waals surface area contributed by atoms with E-state index in [0.29, 0.717) is 0 Å². The Morgan fingerprint density at radius 2 is 2.00 bits per heavy atom. The molecule has 0 aliphatic heterocycles. The van der Waals surface area contributed by atoms with Gasteiger partial charge in [-0.05, 0) is 13.8 Å². The van der Waals surface area contributed by atoms with E-state index in [-0.39, 0.29) is 0 Å². The molecule has 0 saturated heterocycles. The van der Waals surface area contributed by atoms with Crippen LogP contribution >= 0.6 is 0 Å². The molecule has 0 saturated carbocycles. The van der Waals surface area contributed by atoms with Gasteiger partial charge in [-0.1, -0.05) is 0 Å². The quantitative estimate of drug-likeness (QED) is 0.547. The third kappa shape index (κ3) is 2.86. The Balaban J connectivity index is 4.01. The molecular weight excluding hydrogens is 146 g/mol. The fourth-order valence-electron chi connectivity index (χ4n) is 0.781. The van der Waals surface area contributed by atoms with Crippen LogP contribution in [0.3, 0.4) is 0 Å². The van der Waals surface area contributed by atoms with Crippen LogP contribution in [-0.4, -0.2) is 30.3 Å². The van der Waals surface area contributed by atoms with Crippen molar-refractivity contribution < 1.29 is 14.6 Å². The number of hydrogen-bond acceptors (Lipinski definition) is 4. The van der Waals surface area contributed by atoms with Crippen LogP contribution in [0.25, 0.3) is 0 Å². The van der Waals surface area contributed by atoms with Crippen LogP contribution in [0.4, 0.5) is 0 Å². The van der Waals surface area contributed by atoms with Gasteiger partial charge in [0, 0.05) is 6.04 Å². The summed E-state index contributed by atoms with van der Waals surface area (Å²) in [5, 5.41) is 9.27. The number of carbonyl (C=O) groups is 1. The highest BCUT2D eigenvalue weighted by Crippen LogP contribution is 2.07. The lowest BCUT2D eigenvalue weighted by Gasteiger charge is -2.19. The van der Waals surface area contributed by atoms with Crippen molar-refractivity contribution in [1.29, 1.82) is 0 Å². The van der Waals surface area contributed by atoms with Crippen molar-refractivity contribution in [3.8, 4) is 0 Å². The smallest absolute Gasteiger partial charge is 0.311 e. The Morgan fingerprint density at radius 3 is 2.27 bits per heavy atom. The van der Waals surface area contributed by atoms with Gasteiger partial charge < -0.3 is 15.6 Å². The third-order valence-corrected chi connectivity index (χ3v) is 1.62. The van der Waals surface area contributed by atoms with E-state index in [1.165, 1.54) is 7.11 Å². The van der Waals surface area contributed by atoms with Crippen molar-refractivity contribution in [2.45, 2.75) is 26.0 Å². The number of esters is 1. The molecule has 0 aromatic carbocycles. The van der Waals surface area contributed by atoms with Gasteiger partial charge in [-0.2, -0.15) is 0 Å². The Hall–Kier alpha value is -0.610. The highest BCUT2D eigenvalue weighted by atomic mass is 16.5. The number of hydrogen-bond donors (Lipinski definition) is 2. The van der Waals surface area contributed by atoms with Crippen LogP contribution in [0, 0.1) is 5.92 Å². The minimum atomic E-state index is -0.831. The Bertz CT molecular complexity index is 136. The first kappa shape index (κ1) is 10.4. The van der Waals surface area contributed by atoms with Crippen molar-refractivity contribution in [2.24, 2.45) is 11.7 Å². The summed E-state index contributed by atoms with van der Waals surface area (Å²) in [5.41, 5.74) is 5.37. The Morgan fingerprint density at radius 1 is 1.55 bits per heavy atom. The molecule has 4 nitrogen and oxygen atoms in total. The molecule has 11 heavy (non-hydrogen) atoms. The topological polar surface area (TPSA) is 72.5 Å². The molecule has 0 rings (SSSR count). The minimum Gasteiger partial charge on any atom is -0.469 e. The monoisotopic (exact) mass is 161 g/mol. The largest absolute Gasteiger partial charge is 0.469 e. The Labute approximate surface area is 66.3 Å². The van der Waals surface area contributed by atoms with Crippen molar-refractivity contribution in [3.05, 3.63) is 0 Å². The van der Waals surface area contributed by atoms with Crippen molar-refractivity contribution >= 4 is 5.97 Å². The second-order valence-corrected chi connectivity index (χ2v) is 2.66. The summed E-state index contributed by atoms with van der Waals surface area (Å²) in [5.74, 6) is -0.991. The van der Waals surface area contributed by atoms with Crippen LogP contribution < -0.4 is 5.73 Å². The zero-order chi connectivity index (χ0) is 9.02. The molecule has 0 unspecified atom stereocenters. The van der Waals surface area contributed by atoms with E-state index >= 15 is 0 Å². The van der Waals surface area contributed by atoms with Gasteiger partial charge in [0.05, 0.1) is 19.1 Å². The maximum atomic E-state index is 10.8. The summed E-state index contributed by atoms with van der Waals surface area (Å²) >= 11 is 0. The van der Waals surface area contributed by atoms with E-state index in [2.05, 4.69) is 4.74 Å². The normalized spacial score (nSPS) is 18.6. The fraction of sp³-hybridized carbons (Fsp3) is 0.857. The molecule has 4 heteroatoms. The zero-order valence-electron chi connectivity index (χ0n) is 7.07. The predicted molar refractivity (Wildman–Crippen MR) is 40.8 cm³/mol. The fourth-order valence-corrected chi connectivity index (χ4v) is 0.781. The molecule has 0 aromatic rings. The van der Waals surface area contributed by atoms with Gasteiger partial charge in [0.25, 0.3) is 0 Å². The molecule has 0 aliphatic rings. The highest BCUT2D eigenvalue weighted by Gasteiger charge is 2.25. The summed E-state index contributed by atoms with van der Waals surface area (Å²) in [6.07, 6.45) is -0.831. The third-order valence-electron chi connectivity index (χ3n) is 1.62. The predicted octanol–water partition coefficient (Wildman–Crippen LogP) is -0.496. The molecule has 0 fully saturated rings. The first-order valence-electron chi connectivity index (χ1n) is 3.52. The second-order valence-electron chi connectivity index (χ2n) is 2.66. The summed E-state index contributed by atoms with van der Waals surface area (Å²) in [4.78, 5) is 10.8. The molecule has 0 heterocycles. The molecule has 0 aromatic heterocycles. The maximum absolute atomic E-state index is 10.8. The van der Waals surface area contributed by atoms with E-state index < -0.39 is 24.0 Å². The SMILES string of the molecule is COC(=O)[C@H](C)[C@H](O)[C@@H](C)N. The molecular formula is C7H15NO3. The van der Waals surface area contributed by atoms with Crippen molar-refractivity contribution in [1.82, 2.24) is 0 Å². The first-order valence-corrected chi connectivity index (χ1v) is 3.52. The van der Waals surface area contributed by atoms with Gasteiger partial charge in [-0.25, -0.2) is 0 Å². The average molecular weight is 161 g/mol. The van der Waals surface area contributed by atoms with Crippen LogP contribution in [0.15, 0.2) is 0 Å². The lowest BCUT2D eigenvalue weighted by atomic mass is 10.00. The summed E-state index contributed by atoms with van der Waals surface area (Å²) in [7, 11) is 1.28. The molecule has 3 N–H and O–H groups in total. The maximum Gasteiger partial charge on any atom is 0.311 e. The molecule has 0 spiro atoms. The second kappa shape index (κ2) is 4.31. The van der Waals surface area contributed by atoms with Crippen molar-refractivity contribution in [2.75, 3.05) is 7.11 Å². The van der Waals surface area contributed by atoms with E-state index in [1.54, 1.807) is 13.8 Å². The first-order chi connectivity index (χ1) is 5.00. The van der Waals surface area contributed by atoms with E-state index in [9.17, 15) is 9.90 Å². The number of aliphatic hydroxyl groups excluding tert-OH is 1. The van der Waals surface area contributed by atoms with Gasteiger partial charge in [-0.3, -0.25) is 4.79 Å². The van der Waals surface area contributed by atoms with Gasteiger partial charge in [0.2, 0.25) is 0 Å². The number of carbonyl (C=O) groups excluding carboxylic acids is 1. The van der Waals surface area contributed by atoms with Gasteiger partial charge in [0.15, 0.2) is 0 Å². The van der Waals surface area contributed by atoms with Gasteiger partial charge in [-0.15, -0.1) is 0 Å². The minimum absolute atomic E-state index is 0.413. The number of ether oxygens (including phenoxy) is 1. The molecule has 0 amide bonds. The van der Waals surface area contributed by atoms with E-state index in [1.807, 2.05) is 0 Å². The molecule has 0 radical (unpaired) electrons. The molecule has 0 aliphatic carbocycles. The summed E-state index contributed by atoms with van der Waals surface area (Å²) < 4.78 is 4.43. The lowest BCUT2D eigenvalue weighted by molar-refractivity contribution is -0.148. The highest BCUT2D eigenvalue weighted by molar-refractivity contribution is 5.72. The van der Waals surface area contributed by atoms with E-state index in [4.69, 9.17) is 5.73 Å². The van der Waals surface area contributed by atoms with Gasteiger partial charge in [0.1, 0.15) is 0 Å². The van der Waals surface area contributed by atoms with Crippen LogP contribution in [0.5, 0.6) is 0 Å². The number of methoxy groups -OCH3 is 1. The molecule has 66 valence electrons. The number of aliphatic hydroxyl groups is 1. The summed E-state index contributed by atoms with van der Waals surface area (Å²) in [6, 6.07) is -0.413. The number of rotatable bonds is 3. The Kier molecular flexibility index (Phi) is 4.07. The lowest BCUT2D eigenvalue weighted by Crippen LogP contribution is -2.40.